The third-order valence-corrected chi connectivity index (χ3v) is 7.54. The smallest absolute Gasteiger partial charge is 0.258 e. The summed E-state index contributed by atoms with van der Waals surface area (Å²) >= 11 is 5.93. The molecule has 3 heterocycles. The fraction of sp³-hybridized carbons (Fsp3) is 0.400. The van der Waals surface area contributed by atoms with Crippen molar-refractivity contribution >= 4 is 29.3 Å². The Morgan fingerprint density at radius 1 is 1.16 bits per heavy atom. The van der Waals surface area contributed by atoms with Crippen molar-refractivity contribution in [2.24, 2.45) is 0 Å². The quantitative estimate of drug-likeness (QED) is 0.464. The van der Waals surface area contributed by atoms with Crippen LogP contribution in [0.5, 0.6) is 17.2 Å². The molecular formula is C30H33ClFN5O6. The van der Waals surface area contributed by atoms with Crippen molar-refractivity contribution in [1.82, 2.24) is 25.3 Å². The third kappa shape index (κ3) is 8.16. The van der Waals surface area contributed by atoms with Gasteiger partial charge in [0.1, 0.15) is 17.7 Å². The number of piperidine rings is 1. The molecule has 43 heavy (non-hydrogen) atoms. The van der Waals surface area contributed by atoms with E-state index in [0.29, 0.717) is 48.0 Å². The van der Waals surface area contributed by atoms with Crippen LogP contribution < -0.4 is 24.8 Å². The Hall–Kier alpha value is -4.32. The van der Waals surface area contributed by atoms with E-state index in [1.807, 2.05) is 6.07 Å². The normalized spacial score (nSPS) is 19.5. The predicted octanol–water partition coefficient (Wildman–Crippen LogP) is 2.88. The van der Waals surface area contributed by atoms with Gasteiger partial charge in [-0.2, -0.15) is 5.10 Å². The number of nitrogens with one attached hydrogen (secondary N) is 2. The number of halogens is 2. The molecule has 1 saturated heterocycles. The van der Waals surface area contributed by atoms with Crippen LogP contribution in [-0.4, -0.2) is 71.4 Å². The Morgan fingerprint density at radius 2 is 2.02 bits per heavy atom. The van der Waals surface area contributed by atoms with Gasteiger partial charge in [0.25, 0.3) is 5.91 Å². The van der Waals surface area contributed by atoms with Gasteiger partial charge in [-0.05, 0) is 41.8 Å². The van der Waals surface area contributed by atoms with E-state index in [4.69, 9.17) is 25.8 Å². The number of likely N-dealkylation sites (tertiary alicyclic amines) is 1. The Bertz CT molecular complexity index is 1480. The summed E-state index contributed by atoms with van der Waals surface area (Å²) in [6, 6.07) is 8.94. The van der Waals surface area contributed by atoms with E-state index in [9.17, 15) is 18.8 Å². The molecule has 5 rings (SSSR count). The number of carbonyl (C=O) groups is 3. The van der Waals surface area contributed by atoms with E-state index in [1.54, 1.807) is 34.0 Å². The molecule has 0 spiro atoms. The topological polar surface area (TPSA) is 124 Å². The van der Waals surface area contributed by atoms with Gasteiger partial charge in [0, 0.05) is 57.7 Å². The van der Waals surface area contributed by atoms with Crippen LogP contribution in [0.2, 0.25) is 5.02 Å². The average molecular weight is 614 g/mol. The maximum absolute atomic E-state index is 14.5. The fourth-order valence-electron chi connectivity index (χ4n) is 5.16. The standard InChI is InChI=1S/C30H33ClFN5O6/c1-41-26-4-2-19-3-5-28(38)33-14-20-10-22(32)13-23(11-20)43-25-6-8-36(30(40)7-9-37-16-21(31)15-34-37)17-24(25)35-29(39)18-42-27(26)12-19/h2,4,10-13,15-16,24-25H,3,5-9,14,17-18H2,1H3,(H,33,38)(H,35,39)/t24-,25-/m1/s1. The Morgan fingerprint density at radius 3 is 2.81 bits per heavy atom. The Labute approximate surface area is 253 Å². The molecule has 4 bridgehead atoms. The van der Waals surface area contributed by atoms with Crippen LogP contribution in [0.4, 0.5) is 4.39 Å². The largest absolute Gasteiger partial charge is 0.493 e. The second-order valence-corrected chi connectivity index (χ2v) is 10.9. The Balaban J connectivity index is 1.36. The van der Waals surface area contributed by atoms with Gasteiger partial charge in [-0.1, -0.05) is 17.7 Å². The molecule has 2 atom stereocenters. The number of fused-ring (bicyclic) bond motifs is 5. The molecule has 1 fully saturated rings. The molecule has 13 heteroatoms. The molecule has 2 aromatic carbocycles. The number of nitrogens with zero attached hydrogens (tertiary/aromatic N) is 3. The highest BCUT2D eigenvalue weighted by Gasteiger charge is 2.34. The van der Waals surface area contributed by atoms with Crippen molar-refractivity contribution in [2.45, 2.75) is 50.9 Å². The molecule has 2 aliphatic rings. The summed E-state index contributed by atoms with van der Waals surface area (Å²) < 4.78 is 33.5. The van der Waals surface area contributed by atoms with Crippen molar-refractivity contribution in [2.75, 3.05) is 26.8 Å². The van der Waals surface area contributed by atoms with Gasteiger partial charge >= 0.3 is 0 Å². The van der Waals surface area contributed by atoms with E-state index in [2.05, 4.69) is 15.7 Å². The number of hydrogen-bond acceptors (Lipinski definition) is 7. The maximum atomic E-state index is 14.5. The summed E-state index contributed by atoms with van der Waals surface area (Å²) in [4.78, 5) is 40.4. The molecule has 0 aliphatic carbocycles. The van der Waals surface area contributed by atoms with E-state index < -0.39 is 23.9 Å². The lowest BCUT2D eigenvalue weighted by molar-refractivity contribution is -0.135. The minimum absolute atomic E-state index is 0.111. The number of aryl methyl sites for hydroxylation is 2. The number of carbonyl (C=O) groups excluding carboxylic acids is 3. The zero-order chi connectivity index (χ0) is 30.3. The van der Waals surface area contributed by atoms with Crippen molar-refractivity contribution in [3.05, 3.63) is 70.8 Å². The number of methoxy groups -OCH3 is 1. The van der Waals surface area contributed by atoms with Crippen LogP contribution in [0.1, 0.15) is 30.4 Å². The fourth-order valence-corrected chi connectivity index (χ4v) is 5.32. The maximum Gasteiger partial charge on any atom is 0.258 e. The first-order valence-corrected chi connectivity index (χ1v) is 14.4. The number of aromatic nitrogens is 2. The lowest BCUT2D eigenvalue weighted by Gasteiger charge is -2.39. The Kier molecular flexibility index (Phi) is 9.65. The molecule has 0 radical (unpaired) electrons. The van der Waals surface area contributed by atoms with Crippen molar-refractivity contribution in [1.29, 1.82) is 0 Å². The first-order valence-electron chi connectivity index (χ1n) is 14.0. The minimum Gasteiger partial charge on any atom is -0.493 e. The summed E-state index contributed by atoms with van der Waals surface area (Å²) in [6.45, 7) is 0.733. The second-order valence-electron chi connectivity index (χ2n) is 10.5. The van der Waals surface area contributed by atoms with Crippen LogP contribution in [0.25, 0.3) is 0 Å². The molecule has 2 N–H and O–H groups in total. The molecular weight excluding hydrogens is 581 g/mol. The van der Waals surface area contributed by atoms with Crippen LogP contribution in [-0.2, 0) is 33.9 Å². The summed E-state index contributed by atoms with van der Waals surface area (Å²) in [5.41, 5.74) is 1.37. The number of benzene rings is 2. The van der Waals surface area contributed by atoms with Gasteiger partial charge in [0.2, 0.25) is 11.8 Å². The highest BCUT2D eigenvalue weighted by Crippen LogP contribution is 2.29. The second kappa shape index (κ2) is 13.8. The first-order chi connectivity index (χ1) is 20.7. The molecule has 0 saturated carbocycles. The third-order valence-electron chi connectivity index (χ3n) is 7.34. The number of hydrogen-bond donors (Lipinski definition) is 2. The lowest BCUT2D eigenvalue weighted by Crippen LogP contribution is -2.58. The summed E-state index contributed by atoms with van der Waals surface area (Å²) in [6.07, 6.45) is 3.82. The van der Waals surface area contributed by atoms with E-state index in [1.165, 1.54) is 25.4 Å². The SMILES string of the molecule is COc1ccc2cc1OCC(=O)N[C@@H]1CN(C(=O)CCn3cc(Cl)cn3)CC[C@H]1Oc1cc(F)cc(c1)CNC(=O)CC2. The van der Waals surface area contributed by atoms with Crippen LogP contribution >= 0.6 is 11.6 Å². The van der Waals surface area contributed by atoms with Gasteiger partial charge in [0.05, 0.1) is 24.4 Å². The lowest BCUT2D eigenvalue weighted by atomic mass is 10.0. The van der Waals surface area contributed by atoms with Gasteiger partial charge < -0.3 is 29.7 Å². The first kappa shape index (κ1) is 30.1. The predicted molar refractivity (Wildman–Crippen MR) is 154 cm³/mol. The molecule has 0 unspecified atom stereocenters. The highest BCUT2D eigenvalue weighted by molar-refractivity contribution is 6.30. The molecule has 2 aliphatic heterocycles. The zero-order valence-corrected chi connectivity index (χ0v) is 24.4. The number of amides is 3. The molecule has 3 aromatic rings. The van der Waals surface area contributed by atoms with Crippen molar-refractivity contribution < 1.29 is 33.0 Å². The molecule has 1 aromatic heterocycles. The van der Waals surface area contributed by atoms with Crippen LogP contribution in [0, 0.1) is 5.82 Å². The highest BCUT2D eigenvalue weighted by atomic mass is 35.5. The average Bonchev–Trinajstić information content (AvgIpc) is 3.41. The van der Waals surface area contributed by atoms with Crippen LogP contribution in [0.15, 0.2) is 48.8 Å². The van der Waals surface area contributed by atoms with E-state index >= 15 is 0 Å². The monoisotopic (exact) mass is 613 g/mol. The van der Waals surface area contributed by atoms with Gasteiger partial charge in [-0.25, -0.2) is 4.39 Å². The van der Waals surface area contributed by atoms with Crippen LogP contribution in [0.3, 0.4) is 0 Å². The van der Waals surface area contributed by atoms with Gasteiger partial charge in [-0.3, -0.25) is 19.1 Å². The molecule has 11 nitrogen and oxygen atoms in total. The summed E-state index contributed by atoms with van der Waals surface area (Å²) in [5.74, 6) is -0.159. The number of ether oxygens (including phenoxy) is 3. The van der Waals surface area contributed by atoms with Crippen molar-refractivity contribution in [3.8, 4) is 17.2 Å². The molecule has 228 valence electrons. The van der Waals surface area contributed by atoms with E-state index in [-0.39, 0.29) is 50.1 Å². The number of rotatable bonds is 4. The van der Waals surface area contributed by atoms with E-state index in [0.717, 1.165) is 5.56 Å². The minimum atomic E-state index is -0.605. The van der Waals surface area contributed by atoms with Gasteiger partial charge in [0.15, 0.2) is 18.1 Å². The molecule has 3 amide bonds. The zero-order valence-electron chi connectivity index (χ0n) is 23.7. The van der Waals surface area contributed by atoms with Crippen molar-refractivity contribution in [3.63, 3.8) is 0 Å². The summed E-state index contributed by atoms with van der Waals surface area (Å²) in [7, 11) is 1.50. The van der Waals surface area contributed by atoms with Gasteiger partial charge in [-0.15, -0.1) is 0 Å². The summed E-state index contributed by atoms with van der Waals surface area (Å²) in [5, 5.41) is 10.4.